The Hall–Kier alpha value is -1.66. The third-order valence-corrected chi connectivity index (χ3v) is 3.53. The maximum absolute atomic E-state index is 8.66. The van der Waals surface area contributed by atoms with Crippen molar-refractivity contribution in [2.24, 2.45) is 10.9 Å². The molecule has 19 heavy (non-hydrogen) atoms. The minimum atomic E-state index is 0.0297. The van der Waals surface area contributed by atoms with E-state index in [1.807, 2.05) is 12.1 Å². The van der Waals surface area contributed by atoms with Crippen molar-refractivity contribution < 1.29 is 9.94 Å². The van der Waals surface area contributed by atoms with Crippen LogP contribution in [0.5, 0.6) is 0 Å². The van der Waals surface area contributed by atoms with Crippen LogP contribution in [-0.2, 0) is 11.3 Å². The third-order valence-electron chi connectivity index (χ3n) is 3.53. The molecule has 0 amide bonds. The summed E-state index contributed by atoms with van der Waals surface area (Å²) in [6, 6.07) is 4.21. The van der Waals surface area contributed by atoms with Crippen molar-refractivity contribution in [3.63, 3.8) is 0 Å². The molecule has 1 fully saturated rings. The quantitative estimate of drug-likeness (QED) is 0.363. The summed E-state index contributed by atoms with van der Waals surface area (Å²) in [7, 11) is 2.08. The van der Waals surface area contributed by atoms with Crippen LogP contribution in [0, 0.1) is 0 Å². The Morgan fingerprint density at radius 3 is 3.11 bits per heavy atom. The average Bonchev–Trinajstić information content (AvgIpc) is 2.84. The molecule has 0 aliphatic carbocycles. The van der Waals surface area contributed by atoms with Gasteiger partial charge < -0.3 is 15.7 Å². The molecule has 2 heterocycles. The van der Waals surface area contributed by atoms with E-state index < -0.39 is 0 Å². The van der Waals surface area contributed by atoms with Gasteiger partial charge in [0.2, 0.25) is 0 Å². The SMILES string of the molecule is CC1OCCC1N(C)Cc1ccnc(/C(N)=N/O)c1. The van der Waals surface area contributed by atoms with Crippen molar-refractivity contribution in [3.8, 4) is 0 Å². The van der Waals surface area contributed by atoms with E-state index in [0.29, 0.717) is 11.7 Å². The lowest BCUT2D eigenvalue weighted by molar-refractivity contribution is 0.0814. The number of hydrogen-bond donors (Lipinski definition) is 2. The fourth-order valence-corrected chi connectivity index (χ4v) is 2.47. The molecule has 2 rings (SSSR count). The summed E-state index contributed by atoms with van der Waals surface area (Å²) in [5, 5.41) is 11.6. The average molecular weight is 264 g/mol. The first-order valence-corrected chi connectivity index (χ1v) is 6.36. The predicted octanol–water partition coefficient (Wildman–Crippen LogP) is 0.785. The summed E-state index contributed by atoms with van der Waals surface area (Å²) in [6.45, 7) is 3.71. The molecule has 0 saturated carbocycles. The van der Waals surface area contributed by atoms with E-state index in [4.69, 9.17) is 15.7 Å². The standard InChI is InChI=1S/C13H20N4O2/c1-9-12(4-6-19-9)17(2)8-10-3-5-15-11(7-10)13(14)16-18/h3,5,7,9,12,18H,4,6,8H2,1-2H3,(H2,14,16). The van der Waals surface area contributed by atoms with Crippen LogP contribution in [0.4, 0.5) is 0 Å². The van der Waals surface area contributed by atoms with E-state index in [1.165, 1.54) is 0 Å². The van der Waals surface area contributed by atoms with E-state index in [0.717, 1.165) is 25.1 Å². The Kier molecular flexibility index (Phi) is 4.34. The number of amidine groups is 1. The molecule has 2 unspecified atom stereocenters. The highest BCUT2D eigenvalue weighted by molar-refractivity contribution is 5.95. The number of pyridine rings is 1. The largest absolute Gasteiger partial charge is 0.409 e. The van der Waals surface area contributed by atoms with Crippen molar-refractivity contribution in [1.29, 1.82) is 0 Å². The molecule has 104 valence electrons. The van der Waals surface area contributed by atoms with Crippen molar-refractivity contribution >= 4 is 5.84 Å². The molecule has 1 aliphatic heterocycles. The fourth-order valence-electron chi connectivity index (χ4n) is 2.47. The molecule has 6 nitrogen and oxygen atoms in total. The zero-order chi connectivity index (χ0) is 13.8. The molecule has 1 saturated heterocycles. The van der Waals surface area contributed by atoms with Gasteiger partial charge in [0, 0.05) is 25.4 Å². The van der Waals surface area contributed by atoms with Crippen LogP contribution in [0.2, 0.25) is 0 Å². The minimum absolute atomic E-state index is 0.0297. The van der Waals surface area contributed by atoms with Crippen LogP contribution in [0.25, 0.3) is 0 Å². The summed E-state index contributed by atoms with van der Waals surface area (Å²) >= 11 is 0. The van der Waals surface area contributed by atoms with Gasteiger partial charge in [-0.1, -0.05) is 5.16 Å². The van der Waals surface area contributed by atoms with Gasteiger partial charge >= 0.3 is 0 Å². The lowest BCUT2D eigenvalue weighted by Crippen LogP contribution is -2.36. The fraction of sp³-hybridized carbons (Fsp3) is 0.538. The van der Waals surface area contributed by atoms with Gasteiger partial charge in [0.15, 0.2) is 5.84 Å². The molecule has 0 radical (unpaired) electrons. The number of nitrogens with zero attached hydrogens (tertiary/aromatic N) is 3. The smallest absolute Gasteiger partial charge is 0.188 e. The number of likely N-dealkylation sites (N-methyl/N-ethyl adjacent to an activating group) is 1. The molecule has 2 atom stereocenters. The lowest BCUT2D eigenvalue weighted by atomic mass is 10.1. The van der Waals surface area contributed by atoms with Gasteiger partial charge in [-0.25, -0.2) is 0 Å². The highest BCUT2D eigenvalue weighted by Crippen LogP contribution is 2.20. The summed E-state index contributed by atoms with van der Waals surface area (Å²) < 4.78 is 5.58. The topological polar surface area (TPSA) is 84.0 Å². The van der Waals surface area contributed by atoms with E-state index in [2.05, 4.69) is 29.0 Å². The molecule has 0 bridgehead atoms. The van der Waals surface area contributed by atoms with E-state index in [-0.39, 0.29) is 11.9 Å². The van der Waals surface area contributed by atoms with Crippen molar-refractivity contribution in [3.05, 3.63) is 29.6 Å². The van der Waals surface area contributed by atoms with E-state index in [9.17, 15) is 0 Å². The maximum atomic E-state index is 8.66. The second kappa shape index (κ2) is 5.99. The van der Waals surface area contributed by atoms with Crippen LogP contribution in [0.15, 0.2) is 23.5 Å². The van der Waals surface area contributed by atoms with Crippen molar-refractivity contribution in [2.75, 3.05) is 13.7 Å². The van der Waals surface area contributed by atoms with Crippen LogP contribution >= 0.6 is 0 Å². The lowest BCUT2D eigenvalue weighted by Gasteiger charge is -2.26. The molecular formula is C13H20N4O2. The molecule has 0 aromatic carbocycles. The van der Waals surface area contributed by atoms with Crippen LogP contribution < -0.4 is 5.73 Å². The Morgan fingerprint density at radius 2 is 2.47 bits per heavy atom. The number of nitrogens with two attached hydrogens (primary N) is 1. The van der Waals surface area contributed by atoms with Crippen molar-refractivity contribution in [1.82, 2.24) is 9.88 Å². The summed E-state index contributed by atoms with van der Waals surface area (Å²) in [5.74, 6) is 0.0297. The number of oxime groups is 1. The zero-order valence-electron chi connectivity index (χ0n) is 11.3. The second-order valence-electron chi connectivity index (χ2n) is 4.88. The second-order valence-corrected chi connectivity index (χ2v) is 4.88. The molecule has 6 heteroatoms. The van der Waals surface area contributed by atoms with Gasteiger partial charge in [-0.3, -0.25) is 9.88 Å². The van der Waals surface area contributed by atoms with Crippen LogP contribution in [0.3, 0.4) is 0 Å². The highest BCUT2D eigenvalue weighted by atomic mass is 16.5. The van der Waals surface area contributed by atoms with Gasteiger partial charge in [-0.15, -0.1) is 0 Å². The van der Waals surface area contributed by atoms with Gasteiger partial charge in [-0.05, 0) is 38.1 Å². The third kappa shape index (κ3) is 3.21. The Labute approximate surface area is 112 Å². The Bertz CT molecular complexity index is 464. The molecule has 0 spiro atoms. The maximum Gasteiger partial charge on any atom is 0.188 e. The first-order valence-electron chi connectivity index (χ1n) is 6.36. The van der Waals surface area contributed by atoms with Gasteiger partial charge in [-0.2, -0.15) is 0 Å². The van der Waals surface area contributed by atoms with Gasteiger partial charge in [0.1, 0.15) is 5.69 Å². The van der Waals surface area contributed by atoms with Gasteiger partial charge in [0.25, 0.3) is 0 Å². The molecule has 3 N–H and O–H groups in total. The van der Waals surface area contributed by atoms with Crippen molar-refractivity contribution in [2.45, 2.75) is 32.0 Å². The monoisotopic (exact) mass is 264 g/mol. The molecular weight excluding hydrogens is 244 g/mol. The summed E-state index contributed by atoms with van der Waals surface area (Å²) in [6.07, 6.45) is 2.98. The normalized spacial score (nSPS) is 24.1. The predicted molar refractivity (Wildman–Crippen MR) is 72.0 cm³/mol. The molecule has 1 aromatic heterocycles. The first-order chi connectivity index (χ1) is 9.11. The zero-order valence-corrected chi connectivity index (χ0v) is 11.3. The molecule has 1 aromatic rings. The number of hydrogen-bond acceptors (Lipinski definition) is 5. The first kappa shape index (κ1) is 13.8. The number of rotatable bonds is 4. The summed E-state index contributed by atoms with van der Waals surface area (Å²) in [4.78, 5) is 6.34. The van der Waals surface area contributed by atoms with Gasteiger partial charge in [0.05, 0.1) is 6.10 Å². The van der Waals surface area contributed by atoms with E-state index in [1.54, 1.807) is 6.20 Å². The Morgan fingerprint density at radius 1 is 1.68 bits per heavy atom. The summed E-state index contributed by atoms with van der Waals surface area (Å²) in [5.41, 5.74) is 7.11. The number of aromatic nitrogens is 1. The Balaban J connectivity index is 2.06. The minimum Gasteiger partial charge on any atom is -0.409 e. The van der Waals surface area contributed by atoms with E-state index >= 15 is 0 Å². The molecule has 1 aliphatic rings. The van der Waals surface area contributed by atoms with Crippen LogP contribution in [-0.4, -0.2) is 46.7 Å². The highest BCUT2D eigenvalue weighted by Gasteiger charge is 2.27. The number of ether oxygens (including phenoxy) is 1. The van der Waals surface area contributed by atoms with Crippen LogP contribution in [0.1, 0.15) is 24.6 Å².